The van der Waals surface area contributed by atoms with Crippen LogP contribution in [0.5, 0.6) is 5.75 Å². The Morgan fingerprint density at radius 2 is 1.93 bits per heavy atom. The molecule has 0 radical (unpaired) electrons. The Hall–Kier alpha value is -3.00. The van der Waals surface area contributed by atoms with Crippen LogP contribution in [0.4, 0.5) is 11.5 Å². The quantitative estimate of drug-likeness (QED) is 0.386. The smallest absolute Gasteiger partial charge is 0.160 e. The lowest BCUT2D eigenvalue weighted by molar-refractivity contribution is 0.112. The number of nitrogens with one attached hydrogen (secondary N) is 2. The van der Waals surface area contributed by atoms with E-state index >= 15 is 0 Å². The number of benzene rings is 1. The molecule has 0 amide bonds. The van der Waals surface area contributed by atoms with Gasteiger partial charge in [0.15, 0.2) is 6.29 Å². The molecule has 0 fully saturated rings. The molecule has 0 saturated carbocycles. The molecule has 2 rings (SSSR count). The van der Waals surface area contributed by atoms with Crippen molar-refractivity contribution in [3.63, 3.8) is 0 Å². The van der Waals surface area contributed by atoms with E-state index in [-0.39, 0.29) is 0 Å². The average molecular weight is 416 g/mol. The van der Waals surface area contributed by atoms with E-state index in [2.05, 4.69) is 29.1 Å². The first kappa shape index (κ1) is 24.0. The number of hydrogen-bond donors (Lipinski definition) is 2. The van der Waals surface area contributed by atoms with E-state index < -0.39 is 0 Å². The fraction of sp³-hybridized carbons (Fsp3) is 0.333. The molecule has 0 saturated heterocycles. The number of aryl methyl sites for hydroxylation is 1. The first-order chi connectivity index (χ1) is 13.9. The number of anilines is 2. The summed E-state index contributed by atoms with van der Waals surface area (Å²) in [6, 6.07) is 11.4. The van der Waals surface area contributed by atoms with Crippen molar-refractivity contribution in [2.75, 3.05) is 24.4 Å². The molecular weight excluding hydrogens is 386 g/mol. The Morgan fingerprint density at radius 1 is 1.24 bits per heavy atom. The van der Waals surface area contributed by atoms with E-state index in [1.165, 1.54) is 24.0 Å². The highest BCUT2D eigenvalue weighted by Gasteiger charge is 1.98. The van der Waals surface area contributed by atoms with E-state index in [4.69, 9.17) is 10.1 Å². The maximum Gasteiger partial charge on any atom is 0.160 e. The van der Waals surface area contributed by atoms with Crippen molar-refractivity contribution >= 4 is 35.5 Å². The molecule has 0 aliphatic heterocycles. The second-order valence-electron chi connectivity index (χ2n) is 6.13. The fourth-order valence-corrected chi connectivity index (χ4v) is 2.63. The van der Waals surface area contributed by atoms with Crippen LogP contribution in [0.3, 0.4) is 0 Å². The third kappa shape index (κ3) is 9.16. The minimum absolute atomic E-state index is 0.338. The predicted molar refractivity (Wildman–Crippen MR) is 121 cm³/mol. The first-order valence-corrected chi connectivity index (χ1v) is 10.0. The molecule has 0 bridgehead atoms. The number of carbonyl (C=O) groups excluding carboxylic acids is 1. The zero-order chi connectivity index (χ0) is 21.6. The molecule has 2 N–H and O–H groups in total. The first-order valence-electron chi connectivity index (χ1n) is 9.19. The van der Waals surface area contributed by atoms with E-state index in [0.717, 1.165) is 35.0 Å². The summed E-state index contributed by atoms with van der Waals surface area (Å²) in [5, 5.41) is 11.1. The van der Waals surface area contributed by atoms with Gasteiger partial charge in [0, 0.05) is 18.8 Å². The Bertz CT molecular complexity index is 822. The Kier molecular flexibility index (Phi) is 11.0. The van der Waals surface area contributed by atoms with Gasteiger partial charge in [0.2, 0.25) is 0 Å². The van der Waals surface area contributed by atoms with E-state index in [1.54, 1.807) is 24.1 Å². The molecular formula is C21H29N5O2S. The van der Waals surface area contributed by atoms with Crippen molar-refractivity contribution in [3.05, 3.63) is 52.6 Å². The molecule has 0 aliphatic rings. The van der Waals surface area contributed by atoms with Gasteiger partial charge in [-0.05, 0) is 56.7 Å². The standard InChI is InChI=1S/C12H17N3OS.C9H12N2O/c1-4-9(2)15-12-6-5-11(7-16)17-10(3)13-8-14-12;1-11(7-10)8-3-5-9(12-2)6-4-8/h5-9,15H,4H2,1-3H3;3-7,10H,1-2H3. The molecule has 1 unspecified atom stereocenters. The van der Waals surface area contributed by atoms with Crippen molar-refractivity contribution in [1.29, 1.82) is 5.41 Å². The van der Waals surface area contributed by atoms with Gasteiger partial charge in [-0.15, -0.1) is 11.3 Å². The normalized spacial score (nSPS) is 10.5. The fourth-order valence-electron chi connectivity index (χ4n) is 2.00. The molecule has 0 spiro atoms. The predicted octanol–water partition coefficient (Wildman–Crippen LogP) is 4.73. The monoisotopic (exact) mass is 415 g/mol. The van der Waals surface area contributed by atoms with Gasteiger partial charge in [0.05, 0.1) is 23.3 Å². The lowest BCUT2D eigenvalue weighted by atomic mass is 10.2. The van der Waals surface area contributed by atoms with E-state index in [9.17, 15) is 4.79 Å². The van der Waals surface area contributed by atoms with Crippen LogP contribution < -0.4 is 15.0 Å². The SMILES string of the molecule is CCC(C)Nc1ccc(C=O)sc(C)ncn1.COc1ccc(N(C)C=N)cc1. The number of aldehydes is 1. The van der Waals surface area contributed by atoms with Crippen molar-refractivity contribution in [1.82, 2.24) is 9.97 Å². The largest absolute Gasteiger partial charge is 0.497 e. The van der Waals surface area contributed by atoms with E-state index in [0.29, 0.717) is 10.9 Å². The van der Waals surface area contributed by atoms with Gasteiger partial charge in [-0.3, -0.25) is 10.2 Å². The minimum Gasteiger partial charge on any atom is -0.497 e. The second-order valence-corrected chi connectivity index (χ2v) is 7.39. The summed E-state index contributed by atoms with van der Waals surface area (Å²) in [6.07, 6.45) is 4.60. The van der Waals surface area contributed by atoms with Crippen molar-refractivity contribution in [2.24, 2.45) is 0 Å². The van der Waals surface area contributed by atoms with Crippen LogP contribution >= 0.6 is 11.3 Å². The molecule has 8 heteroatoms. The number of ether oxygens (including phenoxy) is 1. The Balaban J connectivity index is 0.000000308. The topological polar surface area (TPSA) is 91.2 Å². The average Bonchev–Trinajstić information content (AvgIpc) is 2.83. The van der Waals surface area contributed by atoms with Crippen LogP contribution in [-0.2, 0) is 0 Å². The van der Waals surface area contributed by atoms with Crippen LogP contribution in [0.2, 0.25) is 0 Å². The van der Waals surface area contributed by atoms with Gasteiger partial charge < -0.3 is 15.0 Å². The number of rotatable bonds is 7. The molecule has 1 aromatic heterocycles. The number of aromatic nitrogens is 2. The lowest BCUT2D eigenvalue weighted by Gasteiger charge is -2.11. The van der Waals surface area contributed by atoms with Crippen LogP contribution in [0.1, 0.15) is 34.9 Å². The van der Waals surface area contributed by atoms with Crippen molar-refractivity contribution in [2.45, 2.75) is 33.2 Å². The zero-order valence-electron chi connectivity index (χ0n) is 17.5. The van der Waals surface area contributed by atoms with Gasteiger partial charge >= 0.3 is 0 Å². The molecule has 2 aromatic rings. The molecule has 7 nitrogen and oxygen atoms in total. The molecule has 1 heterocycles. The number of methoxy groups -OCH3 is 1. The third-order valence-corrected chi connectivity index (χ3v) is 4.77. The number of hydrogen-bond acceptors (Lipinski definition) is 7. The van der Waals surface area contributed by atoms with Crippen LogP contribution in [0, 0.1) is 12.3 Å². The summed E-state index contributed by atoms with van der Waals surface area (Å²) in [7, 11) is 3.46. The highest BCUT2D eigenvalue weighted by Crippen LogP contribution is 2.16. The maximum atomic E-state index is 10.8. The molecule has 1 atom stereocenters. The molecule has 0 aliphatic carbocycles. The number of carbonyl (C=O) groups is 1. The van der Waals surface area contributed by atoms with Gasteiger partial charge in [-0.2, -0.15) is 0 Å². The highest BCUT2D eigenvalue weighted by molar-refractivity contribution is 7.12. The summed E-state index contributed by atoms with van der Waals surface area (Å²) in [6.45, 7) is 6.03. The summed E-state index contributed by atoms with van der Waals surface area (Å²) in [4.78, 5) is 21.5. The van der Waals surface area contributed by atoms with E-state index in [1.807, 2.05) is 38.2 Å². The maximum absolute atomic E-state index is 10.8. The van der Waals surface area contributed by atoms with Crippen molar-refractivity contribution in [3.8, 4) is 5.75 Å². The van der Waals surface area contributed by atoms with Gasteiger partial charge in [0.1, 0.15) is 17.9 Å². The Morgan fingerprint density at radius 3 is 2.48 bits per heavy atom. The molecule has 29 heavy (non-hydrogen) atoms. The van der Waals surface area contributed by atoms with Gasteiger partial charge in [-0.25, -0.2) is 9.97 Å². The number of nitrogens with zero attached hydrogens (tertiary/aromatic N) is 3. The summed E-state index contributed by atoms with van der Waals surface area (Å²) in [5.74, 6) is 1.55. The highest BCUT2D eigenvalue weighted by atomic mass is 32.1. The van der Waals surface area contributed by atoms with Crippen molar-refractivity contribution < 1.29 is 9.53 Å². The Labute approximate surface area is 176 Å². The lowest BCUT2D eigenvalue weighted by Crippen LogP contribution is -2.13. The third-order valence-electron chi connectivity index (χ3n) is 3.90. The summed E-state index contributed by atoms with van der Waals surface area (Å²) < 4.78 is 5.01. The van der Waals surface area contributed by atoms with Crippen LogP contribution in [0.25, 0.3) is 0 Å². The van der Waals surface area contributed by atoms with Crippen LogP contribution in [-0.4, -0.2) is 42.8 Å². The van der Waals surface area contributed by atoms with Gasteiger partial charge in [-0.1, -0.05) is 6.92 Å². The zero-order valence-corrected chi connectivity index (χ0v) is 18.4. The summed E-state index contributed by atoms with van der Waals surface area (Å²) >= 11 is 1.34. The van der Waals surface area contributed by atoms with Crippen LogP contribution in [0.15, 0.2) is 42.7 Å². The molecule has 156 valence electrons. The summed E-state index contributed by atoms with van der Waals surface area (Å²) in [5.41, 5.74) is 0.978. The molecule has 1 aromatic carbocycles. The van der Waals surface area contributed by atoms with Gasteiger partial charge in [0.25, 0.3) is 0 Å². The second kappa shape index (κ2) is 13.2. The minimum atomic E-state index is 0.338.